The van der Waals surface area contributed by atoms with Gasteiger partial charge in [0.2, 0.25) is 5.95 Å². The summed E-state index contributed by atoms with van der Waals surface area (Å²) in [7, 11) is 0. The summed E-state index contributed by atoms with van der Waals surface area (Å²) in [6.07, 6.45) is 2.46. The van der Waals surface area contributed by atoms with Gasteiger partial charge in [-0.15, -0.1) is 10.2 Å². The van der Waals surface area contributed by atoms with E-state index in [0.717, 1.165) is 5.82 Å². The number of aromatic nitrogens is 3. The molecule has 1 aromatic rings. The molecule has 0 unspecified atom stereocenters. The Bertz CT molecular complexity index is 212. The highest BCUT2D eigenvalue weighted by Crippen LogP contribution is 2.37. The Kier molecular flexibility index (Phi) is 0.777. The van der Waals surface area contributed by atoms with Crippen LogP contribution in [0.3, 0.4) is 0 Å². The smallest absolute Gasteiger partial charge is 0.219 e. The number of anilines is 1. The monoisotopic (exact) mass is 124 g/mol. The molecule has 1 aromatic heterocycles. The van der Waals surface area contributed by atoms with Crippen molar-refractivity contribution in [2.24, 2.45) is 0 Å². The fourth-order valence-corrected chi connectivity index (χ4v) is 0.829. The van der Waals surface area contributed by atoms with Crippen molar-refractivity contribution in [3.05, 3.63) is 5.82 Å². The van der Waals surface area contributed by atoms with E-state index in [1.807, 2.05) is 0 Å². The van der Waals surface area contributed by atoms with Gasteiger partial charge in [0.05, 0.1) is 0 Å². The molecule has 0 amide bonds. The number of H-pyrrole nitrogens is 1. The molecule has 0 radical (unpaired) electrons. The SMILES string of the molecule is Nc1nnc(C2CC2)[nH]1. The molecule has 0 atom stereocenters. The van der Waals surface area contributed by atoms with Gasteiger partial charge >= 0.3 is 0 Å². The fraction of sp³-hybridized carbons (Fsp3) is 0.600. The van der Waals surface area contributed by atoms with Crippen LogP contribution >= 0.6 is 0 Å². The molecular formula is C5H8N4. The summed E-state index contributed by atoms with van der Waals surface area (Å²) in [5, 5.41) is 7.50. The number of nitrogens with two attached hydrogens (primary N) is 1. The van der Waals surface area contributed by atoms with Crippen LogP contribution in [0.4, 0.5) is 5.95 Å². The van der Waals surface area contributed by atoms with E-state index in [2.05, 4.69) is 15.2 Å². The molecule has 1 aliphatic carbocycles. The lowest BCUT2D eigenvalue weighted by Gasteiger charge is -1.82. The highest BCUT2D eigenvalue weighted by Gasteiger charge is 2.26. The van der Waals surface area contributed by atoms with E-state index in [1.54, 1.807) is 0 Å². The van der Waals surface area contributed by atoms with Gasteiger partial charge in [0.15, 0.2) is 0 Å². The van der Waals surface area contributed by atoms with Crippen molar-refractivity contribution < 1.29 is 0 Å². The lowest BCUT2D eigenvalue weighted by Crippen LogP contribution is -1.85. The zero-order valence-electron chi connectivity index (χ0n) is 4.96. The lowest BCUT2D eigenvalue weighted by atomic mass is 10.4. The molecule has 9 heavy (non-hydrogen) atoms. The molecule has 0 spiro atoms. The van der Waals surface area contributed by atoms with Crippen LogP contribution in [0.5, 0.6) is 0 Å². The third kappa shape index (κ3) is 0.759. The standard InChI is InChI=1S/C5H8N4/c6-5-7-4(8-9-5)3-1-2-3/h3H,1-2H2,(H3,6,7,8,9). The minimum atomic E-state index is 0.428. The summed E-state index contributed by atoms with van der Waals surface area (Å²) < 4.78 is 0. The van der Waals surface area contributed by atoms with Crippen molar-refractivity contribution in [1.82, 2.24) is 15.2 Å². The predicted octanol–water partition coefficient (Wildman–Crippen LogP) is 0.264. The molecule has 0 aliphatic heterocycles. The lowest BCUT2D eigenvalue weighted by molar-refractivity contribution is 0.935. The Morgan fingerprint density at radius 2 is 2.22 bits per heavy atom. The summed E-state index contributed by atoms with van der Waals surface area (Å²) in [5.41, 5.74) is 5.32. The van der Waals surface area contributed by atoms with Crippen LogP contribution in [-0.2, 0) is 0 Å². The van der Waals surface area contributed by atoms with Crippen molar-refractivity contribution in [2.45, 2.75) is 18.8 Å². The first-order chi connectivity index (χ1) is 4.36. The molecule has 48 valence electrons. The average Bonchev–Trinajstić information content (AvgIpc) is 2.58. The Hall–Kier alpha value is -1.06. The molecule has 1 saturated carbocycles. The maximum Gasteiger partial charge on any atom is 0.219 e. The number of nitrogen functional groups attached to an aromatic ring is 1. The number of rotatable bonds is 1. The van der Waals surface area contributed by atoms with E-state index in [9.17, 15) is 0 Å². The number of nitrogens with one attached hydrogen (secondary N) is 1. The molecule has 1 heterocycles. The van der Waals surface area contributed by atoms with Gasteiger partial charge in [-0.3, -0.25) is 0 Å². The van der Waals surface area contributed by atoms with Gasteiger partial charge in [0.25, 0.3) is 0 Å². The zero-order chi connectivity index (χ0) is 6.27. The number of aromatic amines is 1. The summed E-state index contributed by atoms with van der Waals surface area (Å²) in [6.45, 7) is 0. The van der Waals surface area contributed by atoms with E-state index in [1.165, 1.54) is 12.8 Å². The second-order valence-electron chi connectivity index (χ2n) is 2.37. The summed E-state index contributed by atoms with van der Waals surface area (Å²) in [6, 6.07) is 0. The molecule has 4 nitrogen and oxygen atoms in total. The third-order valence-electron chi connectivity index (χ3n) is 1.49. The van der Waals surface area contributed by atoms with Crippen molar-refractivity contribution in [1.29, 1.82) is 0 Å². The second kappa shape index (κ2) is 1.46. The highest BCUT2D eigenvalue weighted by atomic mass is 15.3. The Morgan fingerprint density at radius 1 is 1.44 bits per heavy atom. The first-order valence-corrected chi connectivity index (χ1v) is 3.04. The molecule has 3 N–H and O–H groups in total. The van der Waals surface area contributed by atoms with Crippen LogP contribution in [0, 0.1) is 0 Å². The van der Waals surface area contributed by atoms with Crippen LogP contribution in [0.1, 0.15) is 24.6 Å². The topological polar surface area (TPSA) is 67.6 Å². The molecular weight excluding hydrogens is 116 g/mol. The predicted molar refractivity (Wildman–Crippen MR) is 32.8 cm³/mol. The van der Waals surface area contributed by atoms with Crippen LogP contribution in [0.15, 0.2) is 0 Å². The summed E-state index contributed by atoms with van der Waals surface area (Å²) in [4.78, 5) is 2.89. The normalized spacial score (nSPS) is 18.2. The van der Waals surface area contributed by atoms with Gasteiger partial charge in [-0.1, -0.05) is 0 Å². The minimum absolute atomic E-state index is 0.428. The van der Waals surface area contributed by atoms with E-state index in [4.69, 9.17) is 5.73 Å². The second-order valence-corrected chi connectivity index (χ2v) is 2.37. The van der Waals surface area contributed by atoms with Crippen molar-refractivity contribution in [3.8, 4) is 0 Å². The van der Waals surface area contributed by atoms with Gasteiger partial charge in [0, 0.05) is 5.92 Å². The van der Waals surface area contributed by atoms with E-state index >= 15 is 0 Å². The molecule has 1 aliphatic rings. The average molecular weight is 124 g/mol. The molecule has 4 heteroatoms. The molecule has 2 rings (SSSR count). The molecule has 0 saturated heterocycles. The third-order valence-corrected chi connectivity index (χ3v) is 1.49. The maximum atomic E-state index is 5.32. The van der Waals surface area contributed by atoms with Crippen LogP contribution in [0.25, 0.3) is 0 Å². The maximum absolute atomic E-state index is 5.32. The fourth-order valence-electron chi connectivity index (χ4n) is 0.829. The quantitative estimate of drug-likeness (QED) is 0.564. The Morgan fingerprint density at radius 3 is 2.67 bits per heavy atom. The van der Waals surface area contributed by atoms with Crippen molar-refractivity contribution in [3.63, 3.8) is 0 Å². The first-order valence-electron chi connectivity index (χ1n) is 3.04. The minimum Gasteiger partial charge on any atom is -0.368 e. The van der Waals surface area contributed by atoms with Crippen LogP contribution < -0.4 is 5.73 Å². The summed E-state index contributed by atoms with van der Waals surface area (Å²) in [5.74, 6) is 2.00. The number of hydrogen-bond donors (Lipinski definition) is 2. The number of hydrogen-bond acceptors (Lipinski definition) is 3. The molecule has 1 fully saturated rings. The van der Waals surface area contributed by atoms with Gasteiger partial charge in [-0.25, -0.2) is 0 Å². The Labute approximate surface area is 52.5 Å². The zero-order valence-corrected chi connectivity index (χ0v) is 4.96. The van der Waals surface area contributed by atoms with E-state index in [0.29, 0.717) is 11.9 Å². The molecule has 0 bridgehead atoms. The summed E-state index contributed by atoms with van der Waals surface area (Å²) >= 11 is 0. The van der Waals surface area contributed by atoms with Crippen molar-refractivity contribution in [2.75, 3.05) is 5.73 Å². The van der Waals surface area contributed by atoms with Crippen molar-refractivity contribution >= 4 is 5.95 Å². The van der Waals surface area contributed by atoms with Crippen LogP contribution in [-0.4, -0.2) is 15.2 Å². The number of nitrogens with zero attached hydrogens (tertiary/aromatic N) is 2. The van der Waals surface area contributed by atoms with Gasteiger partial charge in [0.1, 0.15) is 5.82 Å². The largest absolute Gasteiger partial charge is 0.368 e. The van der Waals surface area contributed by atoms with Gasteiger partial charge in [-0.2, -0.15) is 0 Å². The highest BCUT2D eigenvalue weighted by molar-refractivity contribution is 5.16. The van der Waals surface area contributed by atoms with Gasteiger partial charge in [-0.05, 0) is 12.8 Å². The van der Waals surface area contributed by atoms with E-state index < -0.39 is 0 Å². The van der Waals surface area contributed by atoms with E-state index in [-0.39, 0.29) is 0 Å². The Balaban J connectivity index is 2.28. The molecule has 0 aromatic carbocycles. The van der Waals surface area contributed by atoms with Gasteiger partial charge < -0.3 is 10.7 Å². The van der Waals surface area contributed by atoms with Crippen LogP contribution in [0.2, 0.25) is 0 Å². The first kappa shape index (κ1) is 4.78.